The fourth-order valence-electron chi connectivity index (χ4n) is 1.46. The summed E-state index contributed by atoms with van der Waals surface area (Å²) < 4.78 is 0. The summed E-state index contributed by atoms with van der Waals surface area (Å²) in [6.45, 7) is 6.48. The number of hydrogen-bond donors (Lipinski definition) is 3. The lowest BCUT2D eigenvalue weighted by Crippen LogP contribution is -2.31. The number of rotatable bonds is 6. The van der Waals surface area contributed by atoms with E-state index in [4.69, 9.17) is 0 Å². The summed E-state index contributed by atoms with van der Waals surface area (Å²) in [7, 11) is 0. The van der Waals surface area contributed by atoms with Crippen LogP contribution in [0, 0.1) is 0 Å². The second kappa shape index (κ2) is 7.92. The molecule has 1 rings (SSSR count). The van der Waals surface area contributed by atoms with E-state index in [-0.39, 0.29) is 11.9 Å². The van der Waals surface area contributed by atoms with Crippen LogP contribution in [-0.4, -0.2) is 25.0 Å². The number of anilines is 1. The topological polar surface area (TPSA) is 70.2 Å². The van der Waals surface area contributed by atoms with Gasteiger partial charge in [-0.05, 0) is 18.6 Å². The highest BCUT2D eigenvalue weighted by Gasteiger charge is 2.11. The molecule has 0 aliphatic carbocycles. The van der Waals surface area contributed by atoms with Gasteiger partial charge in [0.25, 0.3) is 5.91 Å². The van der Waals surface area contributed by atoms with Gasteiger partial charge in [-0.25, -0.2) is 4.79 Å². The van der Waals surface area contributed by atoms with Gasteiger partial charge in [-0.2, -0.15) is 0 Å². The second-order valence-corrected chi connectivity index (χ2v) is 3.93. The molecule has 3 N–H and O–H groups in total. The predicted molar refractivity (Wildman–Crippen MR) is 76.3 cm³/mol. The smallest absolute Gasteiger partial charge is 0.319 e. The molecular formula is C14H19N3O2. The third-order valence-corrected chi connectivity index (χ3v) is 2.36. The number of hydrogen-bond acceptors (Lipinski definition) is 2. The van der Waals surface area contributed by atoms with Gasteiger partial charge in [0.15, 0.2) is 0 Å². The zero-order chi connectivity index (χ0) is 14.1. The van der Waals surface area contributed by atoms with Crippen molar-refractivity contribution in [1.29, 1.82) is 0 Å². The first-order valence-corrected chi connectivity index (χ1v) is 6.22. The average molecular weight is 261 g/mol. The van der Waals surface area contributed by atoms with Crippen LogP contribution in [-0.2, 0) is 0 Å². The van der Waals surface area contributed by atoms with Gasteiger partial charge in [0, 0.05) is 13.1 Å². The summed E-state index contributed by atoms with van der Waals surface area (Å²) in [5.74, 6) is -0.244. The molecule has 0 saturated carbocycles. The Bertz CT molecular complexity index is 458. The molecule has 0 aromatic heterocycles. The molecule has 0 heterocycles. The molecule has 1 aromatic rings. The van der Waals surface area contributed by atoms with Crippen LogP contribution >= 0.6 is 0 Å². The molecule has 0 bridgehead atoms. The molecule has 0 aliphatic rings. The standard InChI is InChI=1S/C14H19N3O2/c1-3-9-15-13(18)11-7-5-6-8-12(11)17-14(19)16-10-4-2/h3,5-8H,1,4,9-10H2,2H3,(H,15,18)(H2,16,17,19). The second-order valence-electron chi connectivity index (χ2n) is 3.93. The first-order chi connectivity index (χ1) is 9.19. The van der Waals surface area contributed by atoms with Crippen LogP contribution in [0.4, 0.5) is 10.5 Å². The van der Waals surface area contributed by atoms with Gasteiger partial charge in [-0.15, -0.1) is 6.58 Å². The molecule has 0 atom stereocenters. The van der Waals surface area contributed by atoms with Crippen molar-refractivity contribution in [3.05, 3.63) is 42.5 Å². The lowest BCUT2D eigenvalue weighted by molar-refractivity contribution is 0.0959. The van der Waals surface area contributed by atoms with E-state index >= 15 is 0 Å². The molecule has 19 heavy (non-hydrogen) atoms. The summed E-state index contributed by atoms with van der Waals surface area (Å²) in [5.41, 5.74) is 0.911. The normalized spacial score (nSPS) is 9.53. The van der Waals surface area contributed by atoms with Crippen LogP contribution in [0.15, 0.2) is 36.9 Å². The van der Waals surface area contributed by atoms with Crippen molar-refractivity contribution in [3.63, 3.8) is 0 Å². The fourth-order valence-corrected chi connectivity index (χ4v) is 1.46. The minimum absolute atomic E-state index is 0.244. The molecule has 0 spiro atoms. The molecule has 5 heteroatoms. The van der Waals surface area contributed by atoms with Crippen LogP contribution < -0.4 is 16.0 Å². The van der Waals surface area contributed by atoms with E-state index in [1.807, 2.05) is 6.92 Å². The number of carbonyl (C=O) groups is 2. The van der Waals surface area contributed by atoms with E-state index in [0.717, 1.165) is 6.42 Å². The fraction of sp³-hybridized carbons (Fsp3) is 0.286. The molecule has 0 radical (unpaired) electrons. The summed E-state index contributed by atoms with van der Waals surface area (Å²) >= 11 is 0. The summed E-state index contributed by atoms with van der Waals surface area (Å²) in [4.78, 5) is 23.5. The molecule has 0 saturated heterocycles. The molecule has 102 valence electrons. The highest BCUT2D eigenvalue weighted by molar-refractivity contribution is 6.03. The van der Waals surface area contributed by atoms with Gasteiger partial charge in [-0.3, -0.25) is 4.79 Å². The van der Waals surface area contributed by atoms with E-state index in [0.29, 0.717) is 24.3 Å². The van der Waals surface area contributed by atoms with Crippen LogP contribution in [0.25, 0.3) is 0 Å². The zero-order valence-corrected chi connectivity index (χ0v) is 11.0. The van der Waals surface area contributed by atoms with E-state index in [2.05, 4.69) is 22.5 Å². The average Bonchev–Trinajstić information content (AvgIpc) is 2.43. The largest absolute Gasteiger partial charge is 0.349 e. The molecule has 5 nitrogen and oxygen atoms in total. The number of amides is 3. The first kappa shape index (κ1) is 14.8. The van der Waals surface area contributed by atoms with E-state index < -0.39 is 0 Å². The van der Waals surface area contributed by atoms with Gasteiger partial charge in [-0.1, -0.05) is 25.1 Å². The van der Waals surface area contributed by atoms with Crippen molar-refractivity contribution in [2.24, 2.45) is 0 Å². The van der Waals surface area contributed by atoms with Crippen molar-refractivity contribution in [1.82, 2.24) is 10.6 Å². The highest BCUT2D eigenvalue weighted by atomic mass is 16.2. The van der Waals surface area contributed by atoms with Crippen LogP contribution in [0.2, 0.25) is 0 Å². The number of carbonyl (C=O) groups excluding carboxylic acids is 2. The van der Waals surface area contributed by atoms with Crippen LogP contribution in [0.1, 0.15) is 23.7 Å². The van der Waals surface area contributed by atoms with Gasteiger partial charge in [0.05, 0.1) is 11.3 Å². The maximum absolute atomic E-state index is 11.9. The van der Waals surface area contributed by atoms with Crippen molar-refractivity contribution in [2.75, 3.05) is 18.4 Å². The molecule has 3 amide bonds. The molecule has 0 aliphatic heterocycles. The maximum atomic E-state index is 11.9. The maximum Gasteiger partial charge on any atom is 0.319 e. The summed E-state index contributed by atoms with van der Waals surface area (Å²) in [6.07, 6.45) is 2.46. The Labute approximate surface area is 113 Å². The summed E-state index contributed by atoms with van der Waals surface area (Å²) in [5, 5.41) is 8.03. The number of urea groups is 1. The molecule has 1 aromatic carbocycles. The third-order valence-electron chi connectivity index (χ3n) is 2.36. The van der Waals surface area contributed by atoms with E-state index in [1.165, 1.54) is 0 Å². The van der Waals surface area contributed by atoms with Gasteiger partial charge < -0.3 is 16.0 Å². The highest BCUT2D eigenvalue weighted by Crippen LogP contribution is 2.14. The summed E-state index contributed by atoms with van der Waals surface area (Å²) in [6, 6.07) is 6.55. The number of para-hydroxylation sites is 1. The van der Waals surface area contributed by atoms with Crippen molar-refractivity contribution < 1.29 is 9.59 Å². The quantitative estimate of drug-likeness (QED) is 0.687. The number of nitrogens with one attached hydrogen (secondary N) is 3. The SMILES string of the molecule is C=CCNC(=O)c1ccccc1NC(=O)NCCC. The molecule has 0 unspecified atom stereocenters. The Kier molecular flexibility index (Phi) is 6.15. The van der Waals surface area contributed by atoms with Crippen LogP contribution in [0.3, 0.4) is 0 Å². The monoisotopic (exact) mass is 261 g/mol. The van der Waals surface area contributed by atoms with Crippen molar-refractivity contribution in [3.8, 4) is 0 Å². The van der Waals surface area contributed by atoms with Gasteiger partial charge >= 0.3 is 6.03 Å². The Morgan fingerprint density at radius 1 is 1.26 bits per heavy atom. The molecule has 0 fully saturated rings. The number of benzene rings is 1. The van der Waals surface area contributed by atoms with Crippen molar-refractivity contribution in [2.45, 2.75) is 13.3 Å². The lowest BCUT2D eigenvalue weighted by Gasteiger charge is -2.11. The Hall–Kier alpha value is -2.30. The van der Waals surface area contributed by atoms with Gasteiger partial charge in [0.1, 0.15) is 0 Å². The minimum Gasteiger partial charge on any atom is -0.349 e. The molecular weight excluding hydrogens is 242 g/mol. The third kappa shape index (κ3) is 4.83. The first-order valence-electron chi connectivity index (χ1n) is 6.22. The Morgan fingerprint density at radius 3 is 2.68 bits per heavy atom. The van der Waals surface area contributed by atoms with E-state index in [9.17, 15) is 9.59 Å². The van der Waals surface area contributed by atoms with Crippen molar-refractivity contribution >= 4 is 17.6 Å². The van der Waals surface area contributed by atoms with Crippen LogP contribution in [0.5, 0.6) is 0 Å². The predicted octanol–water partition coefficient (Wildman–Crippen LogP) is 2.13. The minimum atomic E-state index is -0.314. The Morgan fingerprint density at radius 2 is 2.00 bits per heavy atom. The van der Waals surface area contributed by atoms with Gasteiger partial charge in [0.2, 0.25) is 0 Å². The Balaban J connectivity index is 2.75. The zero-order valence-electron chi connectivity index (χ0n) is 11.0. The van der Waals surface area contributed by atoms with E-state index in [1.54, 1.807) is 30.3 Å². The lowest BCUT2D eigenvalue weighted by atomic mass is 10.1.